The van der Waals surface area contributed by atoms with Gasteiger partial charge in [0.15, 0.2) is 4.80 Å². The molecule has 204 valence electrons. The van der Waals surface area contributed by atoms with Gasteiger partial charge in [0, 0.05) is 22.1 Å². The van der Waals surface area contributed by atoms with Crippen molar-refractivity contribution >= 4 is 46.4 Å². The molecule has 0 spiro atoms. The van der Waals surface area contributed by atoms with E-state index in [1.54, 1.807) is 41.8 Å². The van der Waals surface area contributed by atoms with Crippen LogP contribution in [0, 0.1) is 0 Å². The zero-order valence-corrected chi connectivity index (χ0v) is 23.3. The lowest BCUT2D eigenvalue weighted by atomic mass is 9.97. The number of nitrogens with zero attached hydrogens (tertiary/aromatic N) is 2. The summed E-state index contributed by atoms with van der Waals surface area (Å²) in [4.78, 5) is 44.6. The van der Waals surface area contributed by atoms with Gasteiger partial charge in [0.1, 0.15) is 17.6 Å². The first-order chi connectivity index (χ1) is 19.9. The van der Waals surface area contributed by atoms with E-state index in [1.807, 2.05) is 47.8 Å². The summed E-state index contributed by atoms with van der Waals surface area (Å²) in [5.74, 6) is -0.539. The number of carbonyl (C=O) groups excluding carboxylic acids is 1. The number of benzene rings is 2. The Balaban J connectivity index is 1.50. The van der Waals surface area contributed by atoms with Crippen molar-refractivity contribution in [1.82, 2.24) is 4.57 Å². The lowest BCUT2D eigenvalue weighted by Gasteiger charge is -2.24. The predicted molar refractivity (Wildman–Crippen MR) is 156 cm³/mol. The molecule has 0 bridgehead atoms. The first-order valence-corrected chi connectivity index (χ1v) is 14.4. The quantitative estimate of drug-likeness (QED) is 0.272. The summed E-state index contributed by atoms with van der Waals surface area (Å²) in [7, 11) is 0. The Bertz CT molecular complexity index is 1960. The van der Waals surface area contributed by atoms with Crippen LogP contribution >= 0.6 is 22.7 Å². The van der Waals surface area contributed by atoms with E-state index in [0.717, 1.165) is 10.4 Å². The summed E-state index contributed by atoms with van der Waals surface area (Å²) in [6.45, 7) is 1.93. The predicted octanol–water partition coefficient (Wildman–Crippen LogP) is 4.96. The van der Waals surface area contributed by atoms with Crippen molar-refractivity contribution in [3.05, 3.63) is 131 Å². The average molecular weight is 583 g/mol. The van der Waals surface area contributed by atoms with E-state index in [0.29, 0.717) is 37.7 Å². The highest BCUT2D eigenvalue weighted by Crippen LogP contribution is 2.36. The second-order valence-corrected chi connectivity index (χ2v) is 11.0. The van der Waals surface area contributed by atoms with Crippen LogP contribution in [0.2, 0.25) is 0 Å². The van der Waals surface area contributed by atoms with Gasteiger partial charge in [-0.3, -0.25) is 9.36 Å². The van der Waals surface area contributed by atoms with Gasteiger partial charge < -0.3 is 14.3 Å². The smallest absolute Gasteiger partial charge is 0.338 e. The summed E-state index contributed by atoms with van der Waals surface area (Å²) < 4.78 is 13.4. The first-order valence-electron chi connectivity index (χ1n) is 12.7. The third-order valence-electron chi connectivity index (χ3n) is 6.50. The molecule has 8 nitrogen and oxygen atoms in total. The number of aromatic carboxylic acids is 1. The van der Waals surface area contributed by atoms with E-state index in [-0.39, 0.29) is 17.7 Å². The van der Waals surface area contributed by atoms with E-state index in [2.05, 4.69) is 0 Å². The minimum atomic E-state index is -1.01. The standard InChI is InChI=1S/C31H22N2O6S2/c1-2-38-30(37)25-26(19-7-4-3-5-8-19)32-31-33(27(25)23-9-6-16-40-23)28(34)24(41-31)17-21-14-15-22(39-21)18-10-12-20(13-11-18)29(35)36/h3-17,27H,2H2,1H3,(H,35,36)/b24-17-/t27-/m0/s1. The maximum Gasteiger partial charge on any atom is 0.338 e. The van der Waals surface area contributed by atoms with E-state index in [1.165, 1.54) is 34.8 Å². The highest BCUT2D eigenvalue weighted by Gasteiger charge is 2.35. The van der Waals surface area contributed by atoms with Gasteiger partial charge in [-0.15, -0.1) is 11.3 Å². The molecule has 2 aromatic carbocycles. The summed E-state index contributed by atoms with van der Waals surface area (Å²) in [6.07, 6.45) is 1.65. The summed E-state index contributed by atoms with van der Waals surface area (Å²) >= 11 is 2.67. The van der Waals surface area contributed by atoms with E-state index >= 15 is 0 Å². The lowest BCUT2D eigenvalue weighted by molar-refractivity contribution is -0.138. The van der Waals surface area contributed by atoms with Crippen LogP contribution in [0.4, 0.5) is 0 Å². The second-order valence-electron chi connectivity index (χ2n) is 9.03. The van der Waals surface area contributed by atoms with Gasteiger partial charge in [-0.25, -0.2) is 14.6 Å². The molecule has 1 atom stereocenters. The Morgan fingerprint density at radius 2 is 1.80 bits per heavy atom. The van der Waals surface area contributed by atoms with Crippen LogP contribution in [0.1, 0.15) is 39.5 Å². The van der Waals surface area contributed by atoms with Crippen molar-refractivity contribution < 1.29 is 23.8 Å². The number of fused-ring (bicyclic) bond motifs is 1. The molecule has 10 heteroatoms. The molecule has 1 aliphatic heterocycles. The third kappa shape index (κ3) is 4.99. The molecule has 3 aromatic heterocycles. The Morgan fingerprint density at radius 3 is 2.49 bits per heavy atom. The number of furan rings is 1. The van der Waals surface area contributed by atoms with Gasteiger partial charge in [0.05, 0.1) is 28.0 Å². The third-order valence-corrected chi connectivity index (χ3v) is 8.41. The summed E-state index contributed by atoms with van der Waals surface area (Å²) in [6, 6.07) is 22.3. The number of rotatable bonds is 7. The SMILES string of the molecule is CCOC(=O)C1=C(c2ccccc2)N=c2s/c(=C\c3ccc(-c4ccc(C(=O)O)cc4)o3)c(=O)n2[C@H]1c1cccs1. The molecule has 0 radical (unpaired) electrons. The number of esters is 1. The van der Waals surface area contributed by atoms with Gasteiger partial charge in [0.25, 0.3) is 5.56 Å². The Labute approximate surface area is 241 Å². The molecule has 0 saturated carbocycles. The van der Waals surface area contributed by atoms with Gasteiger partial charge in [-0.1, -0.05) is 59.9 Å². The number of aromatic nitrogens is 1. The highest BCUT2D eigenvalue weighted by atomic mass is 32.1. The fraction of sp³-hybridized carbons (Fsp3) is 0.0968. The topological polar surface area (TPSA) is 111 Å². The van der Waals surface area contributed by atoms with Crippen LogP contribution in [-0.4, -0.2) is 28.2 Å². The molecule has 41 heavy (non-hydrogen) atoms. The Morgan fingerprint density at radius 1 is 1.02 bits per heavy atom. The van der Waals surface area contributed by atoms with Crippen molar-refractivity contribution in [3.8, 4) is 11.3 Å². The van der Waals surface area contributed by atoms with Crippen LogP contribution in [0.5, 0.6) is 0 Å². The number of ether oxygens (including phenoxy) is 1. The number of carboxylic acids is 1. The Hall–Kier alpha value is -4.80. The molecular weight excluding hydrogens is 560 g/mol. The number of thiazole rings is 1. The maximum atomic E-state index is 13.9. The van der Waals surface area contributed by atoms with E-state index < -0.39 is 18.0 Å². The second kappa shape index (κ2) is 11.0. The molecule has 0 unspecified atom stereocenters. The molecule has 4 heterocycles. The van der Waals surface area contributed by atoms with E-state index in [4.69, 9.17) is 19.3 Å². The van der Waals surface area contributed by atoms with Crippen LogP contribution in [-0.2, 0) is 9.53 Å². The molecule has 5 aromatic rings. The van der Waals surface area contributed by atoms with Crippen molar-refractivity contribution in [2.75, 3.05) is 6.61 Å². The molecule has 1 aliphatic rings. The number of hydrogen-bond donors (Lipinski definition) is 1. The lowest BCUT2D eigenvalue weighted by Crippen LogP contribution is -2.39. The summed E-state index contributed by atoms with van der Waals surface area (Å²) in [5, 5.41) is 11.1. The van der Waals surface area contributed by atoms with Crippen LogP contribution in [0.25, 0.3) is 23.1 Å². The molecule has 0 amide bonds. The van der Waals surface area contributed by atoms with E-state index in [9.17, 15) is 14.4 Å². The minimum absolute atomic E-state index is 0.180. The van der Waals surface area contributed by atoms with Crippen LogP contribution in [0.3, 0.4) is 0 Å². The number of carbonyl (C=O) groups is 2. The number of carboxylic acid groups (broad SMARTS) is 1. The molecule has 6 rings (SSSR count). The molecular formula is C31H22N2O6S2. The fourth-order valence-corrected chi connectivity index (χ4v) is 6.45. The normalized spacial score (nSPS) is 15.0. The first kappa shape index (κ1) is 26.4. The van der Waals surface area contributed by atoms with Crippen molar-refractivity contribution in [1.29, 1.82) is 0 Å². The molecule has 0 saturated heterocycles. The van der Waals surface area contributed by atoms with Crippen molar-refractivity contribution in [2.45, 2.75) is 13.0 Å². The fourth-order valence-electron chi connectivity index (χ4n) is 4.65. The number of thiophene rings is 1. The summed E-state index contributed by atoms with van der Waals surface area (Å²) in [5.41, 5.74) is 2.12. The van der Waals surface area contributed by atoms with Gasteiger partial charge >= 0.3 is 11.9 Å². The average Bonchev–Trinajstić information content (AvgIpc) is 3.75. The van der Waals surface area contributed by atoms with Gasteiger partial charge in [-0.2, -0.15) is 0 Å². The monoisotopic (exact) mass is 582 g/mol. The maximum absolute atomic E-state index is 13.9. The Kier molecular flexibility index (Phi) is 7.08. The number of hydrogen-bond acceptors (Lipinski definition) is 8. The van der Waals surface area contributed by atoms with Gasteiger partial charge in [0.2, 0.25) is 0 Å². The zero-order valence-electron chi connectivity index (χ0n) is 21.6. The molecule has 1 N–H and O–H groups in total. The minimum Gasteiger partial charge on any atom is -0.478 e. The highest BCUT2D eigenvalue weighted by molar-refractivity contribution is 7.10. The van der Waals surface area contributed by atoms with Crippen molar-refractivity contribution in [3.63, 3.8) is 0 Å². The molecule has 0 fully saturated rings. The van der Waals surface area contributed by atoms with Gasteiger partial charge in [-0.05, 0) is 42.6 Å². The van der Waals surface area contributed by atoms with Crippen molar-refractivity contribution in [2.24, 2.45) is 4.99 Å². The largest absolute Gasteiger partial charge is 0.478 e. The zero-order chi connectivity index (χ0) is 28.5. The van der Waals surface area contributed by atoms with Crippen LogP contribution in [0.15, 0.2) is 104 Å². The van der Waals surface area contributed by atoms with Crippen LogP contribution < -0.4 is 14.9 Å². The molecule has 0 aliphatic carbocycles.